The summed E-state index contributed by atoms with van der Waals surface area (Å²) in [5.74, 6) is -3.94. The van der Waals surface area contributed by atoms with Crippen LogP contribution in [0, 0.1) is 11.7 Å². The fraction of sp³-hybridized carbons (Fsp3) is 0.452. The van der Waals surface area contributed by atoms with Gasteiger partial charge in [-0.25, -0.2) is 14.3 Å². The van der Waals surface area contributed by atoms with E-state index in [-0.39, 0.29) is 24.6 Å². The number of oxazole rings is 1. The van der Waals surface area contributed by atoms with E-state index in [2.05, 4.69) is 4.98 Å². The molecule has 4 aromatic rings. The van der Waals surface area contributed by atoms with E-state index in [1.165, 1.54) is 17.0 Å². The molecule has 2 aliphatic rings. The highest BCUT2D eigenvalue weighted by Gasteiger charge is 2.48. The molecule has 1 atom stereocenters. The van der Waals surface area contributed by atoms with Gasteiger partial charge in [0, 0.05) is 43.9 Å². The van der Waals surface area contributed by atoms with Crippen molar-refractivity contribution in [1.82, 2.24) is 14.5 Å². The molecule has 10 heteroatoms. The molecule has 1 unspecified atom stereocenters. The quantitative estimate of drug-likeness (QED) is 0.248. The maximum atomic E-state index is 16.6. The van der Waals surface area contributed by atoms with Gasteiger partial charge in [0.1, 0.15) is 17.0 Å². The molecule has 2 fully saturated rings. The molecule has 2 aromatic carbocycles. The molecule has 41 heavy (non-hydrogen) atoms. The molecule has 0 amide bonds. The number of ketones is 1. The van der Waals surface area contributed by atoms with Gasteiger partial charge < -0.3 is 18.8 Å². The molecule has 1 saturated carbocycles. The third kappa shape index (κ3) is 5.50. The SMILES string of the molecule is Cn1c(-c2nc3ccc(CC(=O)C(F)(OC4CCC(CC(=O)O)CC4)N4CCCC4)cc3o2)cc2cc(F)ccc21. The van der Waals surface area contributed by atoms with Crippen LogP contribution in [-0.4, -0.2) is 56.5 Å². The minimum absolute atomic E-state index is 0.0532. The number of ether oxygens (including phenoxy) is 1. The smallest absolute Gasteiger partial charge is 0.330 e. The summed E-state index contributed by atoms with van der Waals surface area (Å²) in [7, 11) is 1.85. The summed E-state index contributed by atoms with van der Waals surface area (Å²) in [6.45, 7) is 0.881. The second kappa shape index (κ2) is 11.0. The molecule has 0 spiro atoms. The Morgan fingerprint density at radius 2 is 1.85 bits per heavy atom. The van der Waals surface area contributed by atoms with Gasteiger partial charge in [-0.2, -0.15) is 4.39 Å². The Hall–Kier alpha value is -3.63. The van der Waals surface area contributed by atoms with Crippen LogP contribution in [0.2, 0.25) is 0 Å². The molecule has 3 heterocycles. The zero-order valence-corrected chi connectivity index (χ0v) is 22.9. The molecular weight excluding hydrogens is 532 g/mol. The Balaban J connectivity index is 1.21. The summed E-state index contributed by atoms with van der Waals surface area (Å²) in [6.07, 6.45) is 3.39. The first kappa shape index (κ1) is 27.5. The van der Waals surface area contributed by atoms with Crippen molar-refractivity contribution in [1.29, 1.82) is 0 Å². The number of fused-ring (bicyclic) bond motifs is 2. The minimum Gasteiger partial charge on any atom is -0.481 e. The number of nitrogens with zero attached hydrogens (tertiary/aromatic N) is 3. The molecule has 0 bridgehead atoms. The van der Waals surface area contributed by atoms with Gasteiger partial charge >= 0.3 is 11.9 Å². The first-order chi connectivity index (χ1) is 19.7. The van der Waals surface area contributed by atoms with Crippen LogP contribution in [0.25, 0.3) is 33.6 Å². The van der Waals surface area contributed by atoms with Crippen molar-refractivity contribution in [3.63, 3.8) is 0 Å². The lowest BCUT2D eigenvalue weighted by Crippen LogP contribution is -2.54. The highest BCUT2D eigenvalue weighted by atomic mass is 19.2. The van der Waals surface area contributed by atoms with E-state index in [0.29, 0.717) is 67.0 Å². The van der Waals surface area contributed by atoms with E-state index >= 15 is 4.39 Å². The van der Waals surface area contributed by atoms with Gasteiger partial charge in [0.15, 0.2) is 5.58 Å². The number of aryl methyl sites for hydroxylation is 1. The van der Waals surface area contributed by atoms with Crippen LogP contribution in [0.15, 0.2) is 46.9 Å². The number of halogens is 2. The molecule has 1 aliphatic heterocycles. The van der Waals surface area contributed by atoms with E-state index in [9.17, 15) is 14.0 Å². The zero-order valence-electron chi connectivity index (χ0n) is 22.9. The van der Waals surface area contributed by atoms with Gasteiger partial charge in [0.2, 0.25) is 11.7 Å². The standard InChI is InChI=1S/C31H33F2N3O5/c1-35-25-11-7-22(32)17-21(25)18-26(35)30-34-24-10-6-20(14-27(24)40-30)15-28(37)31(33,36-12-2-3-13-36)41-23-8-4-19(5-9-23)16-29(38)39/h6-7,10-11,14,17-19,23H,2-5,8-9,12-13,15-16H2,1H3,(H,38,39). The number of carbonyl (C=O) groups is 2. The number of Topliss-reactive ketones (excluding diaryl/α,β-unsaturated/α-hetero) is 1. The summed E-state index contributed by atoms with van der Waals surface area (Å²) >= 11 is 0. The van der Waals surface area contributed by atoms with Gasteiger partial charge in [-0.05, 0) is 86.4 Å². The van der Waals surface area contributed by atoms with E-state index in [1.807, 2.05) is 17.7 Å². The highest BCUT2D eigenvalue weighted by Crippen LogP contribution is 2.36. The van der Waals surface area contributed by atoms with E-state index < -0.39 is 23.8 Å². The highest BCUT2D eigenvalue weighted by molar-refractivity contribution is 5.89. The number of carbonyl (C=O) groups excluding carboxylic acids is 1. The Morgan fingerprint density at radius 1 is 1.10 bits per heavy atom. The first-order valence-electron chi connectivity index (χ1n) is 14.2. The van der Waals surface area contributed by atoms with Crippen LogP contribution in [-0.2, 0) is 27.8 Å². The average Bonchev–Trinajstić information content (AvgIpc) is 3.68. The summed E-state index contributed by atoms with van der Waals surface area (Å²) in [5.41, 5.74) is 3.16. The number of hydrogen-bond donors (Lipinski definition) is 1. The third-order valence-corrected chi connectivity index (χ3v) is 8.48. The Kier molecular flexibility index (Phi) is 7.37. The molecule has 1 saturated heterocycles. The monoisotopic (exact) mass is 565 g/mol. The van der Waals surface area contributed by atoms with Crippen molar-refractivity contribution in [3.8, 4) is 11.6 Å². The van der Waals surface area contributed by atoms with Gasteiger partial charge in [-0.1, -0.05) is 6.07 Å². The van der Waals surface area contributed by atoms with Crippen LogP contribution in [0.1, 0.15) is 50.5 Å². The van der Waals surface area contributed by atoms with Gasteiger partial charge in [0.05, 0.1) is 6.10 Å². The third-order valence-electron chi connectivity index (χ3n) is 8.48. The fourth-order valence-corrected chi connectivity index (χ4v) is 6.25. The maximum absolute atomic E-state index is 16.6. The number of carboxylic acid groups (broad SMARTS) is 1. The molecule has 0 radical (unpaired) electrons. The van der Waals surface area contributed by atoms with Crippen molar-refractivity contribution < 1.29 is 32.6 Å². The second-order valence-electron chi connectivity index (χ2n) is 11.3. The molecule has 216 valence electrons. The Labute approximate surface area is 235 Å². The first-order valence-corrected chi connectivity index (χ1v) is 14.2. The topological polar surface area (TPSA) is 97.8 Å². The number of carboxylic acids is 1. The van der Waals surface area contributed by atoms with Crippen molar-refractivity contribution >= 4 is 33.8 Å². The van der Waals surface area contributed by atoms with E-state index in [1.54, 1.807) is 24.3 Å². The van der Waals surface area contributed by atoms with Crippen LogP contribution in [0.4, 0.5) is 8.78 Å². The van der Waals surface area contributed by atoms with Crippen LogP contribution in [0.3, 0.4) is 0 Å². The number of likely N-dealkylation sites (tertiary alicyclic amines) is 1. The van der Waals surface area contributed by atoms with Gasteiger partial charge in [0.25, 0.3) is 0 Å². The Morgan fingerprint density at radius 3 is 2.59 bits per heavy atom. The van der Waals surface area contributed by atoms with E-state index in [0.717, 1.165) is 23.7 Å². The average molecular weight is 566 g/mol. The fourth-order valence-electron chi connectivity index (χ4n) is 6.25. The maximum Gasteiger partial charge on any atom is 0.330 e. The normalized spacial score (nSPS) is 21.4. The predicted octanol–water partition coefficient (Wildman–Crippen LogP) is 6.01. The summed E-state index contributed by atoms with van der Waals surface area (Å²) in [4.78, 5) is 30.7. The second-order valence-corrected chi connectivity index (χ2v) is 11.3. The number of benzene rings is 2. The minimum atomic E-state index is -2.54. The Bertz CT molecular complexity index is 1600. The molecular formula is C31H33F2N3O5. The number of aliphatic carboxylic acids is 1. The molecule has 6 rings (SSSR count). The lowest BCUT2D eigenvalue weighted by Gasteiger charge is -2.38. The van der Waals surface area contributed by atoms with Crippen molar-refractivity contribution in [3.05, 3.63) is 53.8 Å². The van der Waals surface area contributed by atoms with Crippen LogP contribution < -0.4 is 0 Å². The zero-order chi connectivity index (χ0) is 28.7. The molecule has 8 nitrogen and oxygen atoms in total. The van der Waals surface area contributed by atoms with Crippen molar-refractivity contribution in [2.45, 2.75) is 63.4 Å². The van der Waals surface area contributed by atoms with Gasteiger partial charge in [-0.3, -0.25) is 9.59 Å². The van der Waals surface area contributed by atoms with Crippen molar-refractivity contribution in [2.24, 2.45) is 13.0 Å². The lowest BCUT2D eigenvalue weighted by atomic mass is 9.85. The summed E-state index contributed by atoms with van der Waals surface area (Å²) < 4.78 is 44.2. The van der Waals surface area contributed by atoms with Crippen LogP contribution >= 0.6 is 0 Å². The molecule has 2 aromatic heterocycles. The number of alkyl halides is 1. The van der Waals surface area contributed by atoms with Crippen molar-refractivity contribution in [2.75, 3.05) is 13.1 Å². The summed E-state index contributed by atoms with van der Waals surface area (Å²) in [5, 5.41) is 9.81. The predicted molar refractivity (Wildman–Crippen MR) is 148 cm³/mol. The number of rotatable bonds is 9. The summed E-state index contributed by atoms with van der Waals surface area (Å²) in [6, 6.07) is 11.6. The molecule has 1 N–H and O–H groups in total. The number of aromatic nitrogens is 2. The van der Waals surface area contributed by atoms with Gasteiger partial charge in [-0.15, -0.1) is 0 Å². The molecule has 1 aliphatic carbocycles. The number of hydrogen-bond acceptors (Lipinski definition) is 6. The van der Waals surface area contributed by atoms with E-state index in [4.69, 9.17) is 14.3 Å². The largest absolute Gasteiger partial charge is 0.481 e. The van der Waals surface area contributed by atoms with Crippen LogP contribution in [0.5, 0.6) is 0 Å². The lowest BCUT2D eigenvalue weighted by molar-refractivity contribution is -0.252.